The van der Waals surface area contributed by atoms with Crippen LogP contribution in [0.25, 0.3) is 22.6 Å². The van der Waals surface area contributed by atoms with E-state index >= 15 is 0 Å². The SMILES string of the molecule is CC(=O)c1[nH]c(-c2ccc(CCN3CCOCC3)cc2)nc1-c1ccc(Cl)cc1. The summed E-state index contributed by atoms with van der Waals surface area (Å²) in [5, 5.41) is 0.654. The van der Waals surface area contributed by atoms with Crippen LogP contribution in [-0.2, 0) is 11.2 Å². The molecule has 1 N–H and O–H groups in total. The topological polar surface area (TPSA) is 58.2 Å². The van der Waals surface area contributed by atoms with E-state index in [4.69, 9.17) is 21.3 Å². The average molecular weight is 410 g/mol. The highest BCUT2D eigenvalue weighted by molar-refractivity contribution is 6.30. The fraction of sp³-hybridized carbons (Fsp3) is 0.304. The Morgan fingerprint density at radius 3 is 2.38 bits per heavy atom. The smallest absolute Gasteiger partial charge is 0.178 e. The molecule has 1 aromatic heterocycles. The maximum absolute atomic E-state index is 12.1. The summed E-state index contributed by atoms with van der Waals surface area (Å²) in [5.41, 5.74) is 4.28. The molecule has 0 unspecified atom stereocenters. The predicted octanol–water partition coefficient (Wildman–Crippen LogP) is 4.47. The lowest BCUT2D eigenvalue weighted by Crippen LogP contribution is -2.37. The Labute approximate surface area is 175 Å². The Balaban J connectivity index is 1.52. The molecule has 150 valence electrons. The van der Waals surface area contributed by atoms with E-state index in [1.165, 1.54) is 5.56 Å². The summed E-state index contributed by atoms with van der Waals surface area (Å²) in [7, 11) is 0. The molecule has 5 nitrogen and oxygen atoms in total. The molecule has 2 heterocycles. The molecule has 0 amide bonds. The van der Waals surface area contributed by atoms with Gasteiger partial charge in [-0.2, -0.15) is 0 Å². The summed E-state index contributed by atoms with van der Waals surface area (Å²) >= 11 is 5.99. The number of morpholine rings is 1. The number of nitrogens with zero attached hydrogens (tertiary/aromatic N) is 2. The van der Waals surface area contributed by atoms with Gasteiger partial charge in [0, 0.05) is 42.7 Å². The Morgan fingerprint density at radius 2 is 1.72 bits per heavy atom. The number of hydrogen-bond acceptors (Lipinski definition) is 4. The second kappa shape index (κ2) is 8.91. The van der Waals surface area contributed by atoms with E-state index in [9.17, 15) is 4.79 Å². The zero-order chi connectivity index (χ0) is 20.2. The number of benzene rings is 2. The van der Waals surface area contributed by atoms with Crippen molar-refractivity contribution in [2.45, 2.75) is 13.3 Å². The number of halogens is 1. The first-order valence-electron chi connectivity index (χ1n) is 9.86. The first-order valence-corrected chi connectivity index (χ1v) is 10.2. The van der Waals surface area contributed by atoms with Gasteiger partial charge in [-0.1, -0.05) is 48.0 Å². The minimum atomic E-state index is -0.0455. The third-order valence-corrected chi connectivity index (χ3v) is 5.47. The van der Waals surface area contributed by atoms with Gasteiger partial charge in [0.1, 0.15) is 11.5 Å². The second-order valence-electron chi connectivity index (χ2n) is 7.27. The van der Waals surface area contributed by atoms with E-state index in [-0.39, 0.29) is 5.78 Å². The summed E-state index contributed by atoms with van der Waals surface area (Å²) in [6, 6.07) is 15.7. The maximum Gasteiger partial charge on any atom is 0.178 e. The van der Waals surface area contributed by atoms with Gasteiger partial charge in [0.15, 0.2) is 5.78 Å². The van der Waals surface area contributed by atoms with Crippen LogP contribution in [0.1, 0.15) is 23.0 Å². The number of hydrogen-bond donors (Lipinski definition) is 1. The van der Waals surface area contributed by atoms with Crippen LogP contribution in [0.4, 0.5) is 0 Å². The van der Waals surface area contributed by atoms with Crippen LogP contribution in [-0.4, -0.2) is 53.5 Å². The van der Waals surface area contributed by atoms with Crippen LogP contribution in [0.5, 0.6) is 0 Å². The van der Waals surface area contributed by atoms with Crippen LogP contribution in [0.15, 0.2) is 48.5 Å². The summed E-state index contributed by atoms with van der Waals surface area (Å²) < 4.78 is 5.40. The van der Waals surface area contributed by atoms with Crippen molar-refractivity contribution in [3.8, 4) is 22.6 Å². The number of rotatable bonds is 6. The normalized spacial score (nSPS) is 14.8. The van der Waals surface area contributed by atoms with Gasteiger partial charge in [0.05, 0.1) is 18.9 Å². The van der Waals surface area contributed by atoms with Crippen molar-refractivity contribution in [1.82, 2.24) is 14.9 Å². The van der Waals surface area contributed by atoms with E-state index in [1.54, 1.807) is 19.1 Å². The Hall–Kier alpha value is -2.47. The van der Waals surface area contributed by atoms with Gasteiger partial charge in [-0.3, -0.25) is 9.69 Å². The molecule has 1 aliphatic heterocycles. The lowest BCUT2D eigenvalue weighted by molar-refractivity contribution is 0.0384. The molecule has 1 aliphatic rings. The monoisotopic (exact) mass is 409 g/mol. The highest BCUT2D eigenvalue weighted by Crippen LogP contribution is 2.27. The fourth-order valence-electron chi connectivity index (χ4n) is 3.52. The first kappa shape index (κ1) is 19.8. The van der Waals surface area contributed by atoms with Crippen LogP contribution >= 0.6 is 11.6 Å². The molecular weight excluding hydrogens is 386 g/mol. The number of aromatic amines is 1. The highest BCUT2D eigenvalue weighted by atomic mass is 35.5. The average Bonchev–Trinajstić information content (AvgIpc) is 3.20. The molecule has 0 atom stereocenters. The molecule has 3 aromatic rings. The maximum atomic E-state index is 12.1. The number of ether oxygens (including phenoxy) is 1. The summed E-state index contributed by atoms with van der Waals surface area (Å²) in [6.45, 7) is 6.25. The Bertz CT molecular complexity index is 974. The lowest BCUT2D eigenvalue weighted by atomic mass is 10.1. The van der Waals surface area contributed by atoms with Gasteiger partial charge in [-0.15, -0.1) is 0 Å². The van der Waals surface area contributed by atoms with Gasteiger partial charge in [-0.25, -0.2) is 4.98 Å². The van der Waals surface area contributed by atoms with E-state index in [1.807, 2.05) is 12.1 Å². The molecule has 2 aromatic carbocycles. The van der Waals surface area contributed by atoms with Gasteiger partial charge in [-0.05, 0) is 24.1 Å². The molecule has 1 fully saturated rings. The number of carbonyl (C=O) groups is 1. The number of Topliss-reactive ketones (excluding diaryl/α,β-unsaturated/α-hetero) is 1. The van der Waals surface area contributed by atoms with Gasteiger partial charge in [0.2, 0.25) is 0 Å². The van der Waals surface area contributed by atoms with Crippen molar-refractivity contribution in [3.05, 3.63) is 64.8 Å². The first-order chi connectivity index (χ1) is 14.1. The second-order valence-corrected chi connectivity index (χ2v) is 7.71. The number of imidazole rings is 1. The molecule has 0 spiro atoms. The molecule has 4 rings (SSSR count). The van der Waals surface area contributed by atoms with Crippen molar-refractivity contribution in [2.24, 2.45) is 0 Å². The molecule has 1 saturated heterocycles. The molecule has 29 heavy (non-hydrogen) atoms. The zero-order valence-electron chi connectivity index (χ0n) is 16.5. The number of ketones is 1. The number of nitrogens with one attached hydrogen (secondary N) is 1. The fourth-order valence-corrected chi connectivity index (χ4v) is 3.65. The van der Waals surface area contributed by atoms with Gasteiger partial charge >= 0.3 is 0 Å². The minimum absolute atomic E-state index is 0.0455. The third kappa shape index (κ3) is 4.75. The Kier molecular flexibility index (Phi) is 6.09. The molecule has 0 aliphatic carbocycles. The highest BCUT2D eigenvalue weighted by Gasteiger charge is 2.17. The summed E-state index contributed by atoms with van der Waals surface area (Å²) in [5.74, 6) is 0.649. The van der Waals surface area contributed by atoms with E-state index in [2.05, 4.69) is 34.1 Å². The van der Waals surface area contributed by atoms with Crippen molar-refractivity contribution < 1.29 is 9.53 Å². The van der Waals surface area contributed by atoms with Crippen molar-refractivity contribution in [3.63, 3.8) is 0 Å². The molecule has 0 saturated carbocycles. The number of H-pyrrole nitrogens is 1. The Morgan fingerprint density at radius 1 is 1.07 bits per heavy atom. The molecule has 6 heteroatoms. The van der Waals surface area contributed by atoms with E-state index in [0.29, 0.717) is 22.2 Å². The van der Waals surface area contributed by atoms with Crippen molar-refractivity contribution in [2.75, 3.05) is 32.8 Å². The van der Waals surface area contributed by atoms with Gasteiger partial charge in [0.25, 0.3) is 0 Å². The summed E-state index contributed by atoms with van der Waals surface area (Å²) in [6.07, 6.45) is 1.01. The molecular formula is C23H24ClN3O2. The lowest BCUT2D eigenvalue weighted by Gasteiger charge is -2.26. The van der Waals surface area contributed by atoms with Crippen molar-refractivity contribution >= 4 is 17.4 Å². The van der Waals surface area contributed by atoms with E-state index in [0.717, 1.165) is 50.4 Å². The largest absolute Gasteiger partial charge is 0.379 e. The predicted molar refractivity (Wildman–Crippen MR) is 115 cm³/mol. The third-order valence-electron chi connectivity index (χ3n) is 5.22. The number of aromatic nitrogens is 2. The van der Waals surface area contributed by atoms with Crippen LogP contribution in [0.2, 0.25) is 5.02 Å². The van der Waals surface area contributed by atoms with Crippen LogP contribution < -0.4 is 0 Å². The van der Waals surface area contributed by atoms with Crippen molar-refractivity contribution in [1.29, 1.82) is 0 Å². The summed E-state index contributed by atoms with van der Waals surface area (Å²) in [4.78, 5) is 22.5. The van der Waals surface area contributed by atoms with Gasteiger partial charge < -0.3 is 9.72 Å². The van der Waals surface area contributed by atoms with Crippen LogP contribution in [0, 0.1) is 0 Å². The van der Waals surface area contributed by atoms with E-state index < -0.39 is 0 Å². The standard InChI is InChI=1S/C23H24ClN3O2/c1-16(28)21-22(18-6-8-20(24)9-7-18)26-23(25-21)19-4-2-17(3-5-19)10-11-27-12-14-29-15-13-27/h2-9H,10-15H2,1H3,(H,25,26). The molecule has 0 radical (unpaired) electrons. The number of carbonyl (C=O) groups excluding carboxylic acids is 1. The minimum Gasteiger partial charge on any atom is -0.379 e. The zero-order valence-corrected chi connectivity index (χ0v) is 17.2. The van der Waals surface area contributed by atoms with Crippen LogP contribution in [0.3, 0.4) is 0 Å². The quantitative estimate of drug-likeness (QED) is 0.610. The molecule has 0 bridgehead atoms.